The molecule has 1 aromatic heterocycles. The molecule has 0 bridgehead atoms. The van der Waals surface area contributed by atoms with E-state index in [4.69, 9.17) is 23.2 Å². The van der Waals surface area contributed by atoms with Gasteiger partial charge < -0.3 is 0 Å². The Labute approximate surface area is 103 Å². The van der Waals surface area contributed by atoms with Crippen molar-refractivity contribution in [2.45, 2.75) is 0 Å². The van der Waals surface area contributed by atoms with Gasteiger partial charge in [0.2, 0.25) is 0 Å². The molecule has 0 amide bonds. The summed E-state index contributed by atoms with van der Waals surface area (Å²) < 4.78 is 0. The van der Waals surface area contributed by atoms with E-state index in [0.29, 0.717) is 0 Å². The van der Waals surface area contributed by atoms with Crippen LogP contribution in [0.1, 0.15) is 10.5 Å². The Hall–Kier alpha value is -1.38. The zero-order valence-electron chi connectivity index (χ0n) is 8.15. The van der Waals surface area contributed by atoms with Crippen molar-refractivity contribution in [2.24, 2.45) is 0 Å². The average Bonchev–Trinajstić information content (AvgIpc) is 2.29. The number of halogens is 2. The molecule has 2 nitrogen and oxygen atoms in total. The van der Waals surface area contributed by atoms with Gasteiger partial charge in [-0.15, -0.1) is 0 Å². The van der Waals surface area contributed by atoms with Crippen molar-refractivity contribution in [2.75, 3.05) is 0 Å². The van der Waals surface area contributed by atoms with E-state index in [1.807, 2.05) is 30.3 Å². The van der Waals surface area contributed by atoms with Gasteiger partial charge in [-0.05, 0) is 23.2 Å². The molecule has 0 aliphatic rings. The van der Waals surface area contributed by atoms with Crippen LogP contribution in [-0.2, 0) is 0 Å². The van der Waals surface area contributed by atoms with Crippen LogP contribution < -0.4 is 0 Å². The first-order valence-electron chi connectivity index (χ1n) is 4.59. The van der Waals surface area contributed by atoms with Gasteiger partial charge in [-0.3, -0.25) is 4.79 Å². The first-order chi connectivity index (χ1) is 7.68. The minimum absolute atomic E-state index is 0.0861. The molecule has 0 fully saturated rings. The number of nitrogens with zero attached hydrogens (tertiary/aromatic N) is 1. The lowest BCUT2D eigenvalue weighted by Crippen LogP contribution is -1.95. The molecule has 0 aliphatic heterocycles. The zero-order valence-corrected chi connectivity index (χ0v) is 9.66. The number of aromatic nitrogens is 1. The van der Waals surface area contributed by atoms with Gasteiger partial charge in [0.1, 0.15) is 5.69 Å². The first-order valence-corrected chi connectivity index (χ1v) is 5.35. The summed E-state index contributed by atoms with van der Waals surface area (Å²) in [6.07, 6.45) is 1.58. The summed E-state index contributed by atoms with van der Waals surface area (Å²) in [5.74, 6) is 0. The second kappa shape index (κ2) is 4.64. The highest BCUT2D eigenvalue weighted by Crippen LogP contribution is 2.24. The third-order valence-electron chi connectivity index (χ3n) is 2.13. The summed E-state index contributed by atoms with van der Waals surface area (Å²) in [6.45, 7) is 0. The minimum Gasteiger partial charge on any atom is -0.274 e. The predicted molar refractivity (Wildman–Crippen MR) is 64.9 cm³/mol. The molecular weight excluding hydrogens is 245 g/mol. The summed E-state index contributed by atoms with van der Waals surface area (Å²) in [6, 6.07) is 11.3. The molecule has 2 rings (SSSR count). The Bertz CT molecular complexity index is 526. The molecule has 1 aromatic carbocycles. The third kappa shape index (κ3) is 2.23. The number of pyridine rings is 1. The molecule has 0 N–H and O–H groups in total. The molecule has 2 aromatic rings. The molecule has 4 heteroatoms. The van der Waals surface area contributed by atoms with Gasteiger partial charge in [0.25, 0.3) is 5.24 Å². The van der Waals surface area contributed by atoms with Crippen molar-refractivity contribution in [3.05, 3.63) is 53.3 Å². The lowest BCUT2D eigenvalue weighted by Gasteiger charge is -2.03. The van der Waals surface area contributed by atoms with E-state index in [1.165, 1.54) is 0 Å². The number of benzene rings is 1. The summed E-state index contributed by atoms with van der Waals surface area (Å²) in [5.41, 5.74) is 1.93. The van der Waals surface area contributed by atoms with Crippen LogP contribution in [0.3, 0.4) is 0 Å². The van der Waals surface area contributed by atoms with Gasteiger partial charge in [-0.2, -0.15) is 0 Å². The topological polar surface area (TPSA) is 30.0 Å². The van der Waals surface area contributed by atoms with Gasteiger partial charge in [0.15, 0.2) is 0 Å². The van der Waals surface area contributed by atoms with Gasteiger partial charge in [-0.1, -0.05) is 41.9 Å². The third-order valence-corrected chi connectivity index (χ3v) is 2.60. The maximum Gasteiger partial charge on any atom is 0.272 e. The molecule has 16 heavy (non-hydrogen) atoms. The Morgan fingerprint density at radius 1 is 1.12 bits per heavy atom. The van der Waals surface area contributed by atoms with Gasteiger partial charge in [-0.25, -0.2) is 4.98 Å². The van der Waals surface area contributed by atoms with Crippen molar-refractivity contribution < 1.29 is 4.79 Å². The normalized spacial score (nSPS) is 10.1. The Morgan fingerprint density at radius 2 is 1.81 bits per heavy atom. The van der Waals surface area contributed by atoms with Crippen LogP contribution in [0.4, 0.5) is 0 Å². The highest BCUT2D eigenvalue weighted by Gasteiger charge is 2.10. The van der Waals surface area contributed by atoms with Crippen LogP contribution in [-0.4, -0.2) is 10.2 Å². The quantitative estimate of drug-likeness (QED) is 0.761. The summed E-state index contributed by atoms with van der Waals surface area (Å²) in [4.78, 5) is 14.9. The van der Waals surface area contributed by atoms with E-state index < -0.39 is 5.24 Å². The van der Waals surface area contributed by atoms with Crippen LogP contribution in [0.15, 0.2) is 42.6 Å². The highest BCUT2D eigenvalue weighted by molar-refractivity contribution is 6.68. The van der Waals surface area contributed by atoms with E-state index in [-0.39, 0.29) is 10.7 Å². The molecule has 0 spiro atoms. The lowest BCUT2D eigenvalue weighted by molar-refractivity contribution is 0.107. The first kappa shape index (κ1) is 11.1. The van der Waals surface area contributed by atoms with E-state index in [9.17, 15) is 4.79 Å². The monoisotopic (exact) mass is 251 g/mol. The SMILES string of the molecule is O=C(Cl)c1ncc(-c2ccccc2)cc1Cl. The van der Waals surface area contributed by atoms with Crippen molar-refractivity contribution in [3.63, 3.8) is 0 Å². The maximum absolute atomic E-state index is 10.9. The Balaban J connectivity index is 2.46. The highest BCUT2D eigenvalue weighted by atomic mass is 35.5. The van der Waals surface area contributed by atoms with Crippen LogP contribution in [0.2, 0.25) is 5.02 Å². The molecular formula is C12H7Cl2NO. The Kier molecular flexibility index (Phi) is 3.22. The molecule has 0 saturated heterocycles. The van der Waals surface area contributed by atoms with Crippen molar-refractivity contribution in [3.8, 4) is 11.1 Å². The van der Waals surface area contributed by atoms with E-state index in [2.05, 4.69) is 4.98 Å². The largest absolute Gasteiger partial charge is 0.274 e. The van der Waals surface area contributed by atoms with Crippen molar-refractivity contribution >= 4 is 28.4 Å². The number of hydrogen-bond acceptors (Lipinski definition) is 2. The molecule has 0 aliphatic carbocycles. The standard InChI is InChI=1S/C12H7Cl2NO/c13-10-6-9(7-15-11(10)12(14)16)8-4-2-1-3-5-8/h1-7H. The van der Waals surface area contributed by atoms with Crippen molar-refractivity contribution in [1.82, 2.24) is 4.98 Å². The van der Waals surface area contributed by atoms with Gasteiger partial charge in [0.05, 0.1) is 5.02 Å². The zero-order chi connectivity index (χ0) is 11.5. The molecule has 80 valence electrons. The molecule has 0 saturated carbocycles. The Morgan fingerprint density at radius 3 is 2.38 bits per heavy atom. The molecule has 0 unspecified atom stereocenters. The second-order valence-electron chi connectivity index (χ2n) is 3.19. The van der Waals surface area contributed by atoms with Crippen LogP contribution >= 0.6 is 23.2 Å². The fourth-order valence-corrected chi connectivity index (χ4v) is 1.82. The maximum atomic E-state index is 10.9. The molecule has 1 heterocycles. The van der Waals surface area contributed by atoms with Crippen LogP contribution in [0.25, 0.3) is 11.1 Å². The molecule has 0 radical (unpaired) electrons. The summed E-state index contributed by atoms with van der Waals surface area (Å²) in [7, 11) is 0. The number of hydrogen-bond donors (Lipinski definition) is 0. The van der Waals surface area contributed by atoms with E-state index in [0.717, 1.165) is 11.1 Å². The van der Waals surface area contributed by atoms with E-state index >= 15 is 0 Å². The average molecular weight is 252 g/mol. The van der Waals surface area contributed by atoms with Gasteiger partial charge in [0, 0.05) is 11.8 Å². The number of carbonyl (C=O) groups excluding carboxylic acids is 1. The number of carbonyl (C=O) groups is 1. The van der Waals surface area contributed by atoms with Crippen molar-refractivity contribution in [1.29, 1.82) is 0 Å². The lowest BCUT2D eigenvalue weighted by atomic mass is 10.1. The second-order valence-corrected chi connectivity index (χ2v) is 3.94. The summed E-state index contributed by atoms with van der Waals surface area (Å²) >= 11 is 11.2. The van der Waals surface area contributed by atoms with E-state index in [1.54, 1.807) is 12.3 Å². The predicted octanol–water partition coefficient (Wildman–Crippen LogP) is 3.78. The fraction of sp³-hybridized carbons (Fsp3) is 0. The summed E-state index contributed by atoms with van der Waals surface area (Å²) in [5, 5.41) is -0.383. The van der Waals surface area contributed by atoms with Crippen LogP contribution in [0.5, 0.6) is 0 Å². The molecule has 0 atom stereocenters. The van der Waals surface area contributed by atoms with Gasteiger partial charge >= 0.3 is 0 Å². The van der Waals surface area contributed by atoms with Crippen LogP contribution in [0, 0.1) is 0 Å². The smallest absolute Gasteiger partial charge is 0.272 e. The number of rotatable bonds is 2. The fourth-order valence-electron chi connectivity index (χ4n) is 1.37. The minimum atomic E-state index is -0.649.